The molecule has 0 fully saturated rings. The number of benzene rings is 1. The molecule has 0 radical (unpaired) electrons. The minimum atomic E-state index is -4.91. The van der Waals surface area contributed by atoms with Crippen LogP contribution in [-0.4, -0.2) is 37.8 Å². The van der Waals surface area contributed by atoms with E-state index < -0.39 is 29.4 Å². The molecule has 1 heterocycles. The van der Waals surface area contributed by atoms with Crippen molar-refractivity contribution in [3.8, 4) is 0 Å². The maximum Gasteiger partial charge on any atom is 0.416 e. The third kappa shape index (κ3) is 7.29. The summed E-state index contributed by atoms with van der Waals surface area (Å²) in [6.45, 7) is 0.274. The van der Waals surface area contributed by atoms with Crippen molar-refractivity contribution in [2.75, 3.05) is 32.2 Å². The molecule has 1 aromatic heterocycles. The average Bonchev–Trinajstić information content (AvgIpc) is 3.03. The van der Waals surface area contributed by atoms with Crippen LogP contribution in [0.25, 0.3) is 0 Å². The van der Waals surface area contributed by atoms with Crippen molar-refractivity contribution in [3.05, 3.63) is 46.0 Å². The molecular formula is C17H16F6N2O3S. The third-order valence-electron chi connectivity index (χ3n) is 3.49. The van der Waals surface area contributed by atoms with Crippen molar-refractivity contribution in [2.24, 2.45) is 0 Å². The molecule has 2 aromatic rings. The zero-order valence-electron chi connectivity index (χ0n) is 15.0. The Kier molecular flexibility index (Phi) is 7.60. The average molecular weight is 442 g/mol. The second kappa shape index (κ2) is 9.55. The Hall–Kier alpha value is -2.18. The van der Waals surface area contributed by atoms with Gasteiger partial charge in [0.05, 0.1) is 24.3 Å². The second-order valence-corrected chi connectivity index (χ2v) is 6.93. The Morgan fingerprint density at radius 3 is 2.24 bits per heavy atom. The van der Waals surface area contributed by atoms with Gasteiger partial charge >= 0.3 is 12.4 Å². The van der Waals surface area contributed by atoms with Gasteiger partial charge in [-0.3, -0.25) is 10.1 Å². The molecule has 0 atom stereocenters. The molecular weight excluding hydrogens is 426 g/mol. The number of carbonyl (C=O) groups excluding carboxylic acids is 1. The van der Waals surface area contributed by atoms with Crippen molar-refractivity contribution in [3.63, 3.8) is 0 Å². The van der Waals surface area contributed by atoms with Gasteiger partial charge in [0.2, 0.25) is 0 Å². The molecule has 0 aliphatic rings. The van der Waals surface area contributed by atoms with Crippen LogP contribution in [-0.2, 0) is 33.0 Å². The predicted molar refractivity (Wildman–Crippen MR) is 92.7 cm³/mol. The molecule has 0 saturated carbocycles. The molecule has 12 heteroatoms. The summed E-state index contributed by atoms with van der Waals surface area (Å²) in [6, 6.07) is 1.40. The Morgan fingerprint density at radius 1 is 1.07 bits per heavy atom. The van der Waals surface area contributed by atoms with E-state index in [-0.39, 0.29) is 36.4 Å². The number of amides is 1. The molecule has 0 saturated heterocycles. The van der Waals surface area contributed by atoms with Crippen molar-refractivity contribution >= 4 is 22.4 Å². The molecule has 5 nitrogen and oxygen atoms in total. The molecule has 1 aromatic carbocycles. The van der Waals surface area contributed by atoms with Gasteiger partial charge in [0.25, 0.3) is 5.91 Å². The minimum Gasteiger partial charge on any atom is -0.382 e. The molecule has 0 unspecified atom stereocenters. The van der Waals surface area contributed by atoms with Crippen LogP contribution in [0, 0.1) is 0 Å². The van der Waals surface area contributed by atoms with Crippen LogP contribution in [0.2, 0.25) is 0 Å². The fourth-order valence-electron chi connectivity index (χ4n) is 2.23. The number of hydrogen-bond donors (Lipinski definition) is 1. The van der Waals surface area contributed by atoms with E-state index in [9.17, 15) is 31.1 Å². The van der Waals surface area contributed by atoms with Crippen LogP contribution in [0.15, 0.2) is 24.4 Å². The van der Waals surface area contributed by atoms with E-state index in [0.29, 0.717) is 23.6 Å². The lowest BCUT2D eigenvalue weighted by Gasteiger charge is -2.13. The monoisotopic (exact) mass is 442 g/mol. The molecule has 1 N–H and O–H groups in total. The molecule has 2 rings (SSSR count). The summed E-state index contributed by atoms with van der Waals surface area (Å²) < 4.78 is 87.3. The lowest BCUT2D eigenvalue weighted by atomic mass is 10.0. The Labute approximate surface area is 165 Å². The first-order valence-electron chi connectivity index (χ1n) is 8.08. The summed E-state index contributed by atoms with van der Waals surface area (Å²) >= 11 is 0.941. The van der Waals surface area contributed by atoms with Gasteiger partial charge < -0.3 is 9.47 Å². The number of hydrogen-bond acceptors (Lipinski definition) is 5. The number of aromatic nitrogens is 1. The number of halogens is 6. The first kappa shape index (κ1) is 23.1. The van der Waals surface area contributed by atoms with Gasteiger partial charge in [-0.15, -0.1) is 11.3 Å². The molecule has 1 amide bonds. The van der Waals surface area contributed by atoms with Gasteiger partial charge in [0, 0.05) is 24.6 Å². The summed E-state index contributed by atoms with van der Waals surface area (Å²) in [5.74, 6) is -0.500. The highest BCUT2D eigenvalue weighted by atomic mass is 32.1. The molecule has 0 aliphatic carbocycles. The molecule has 160 valence electrons. The number of rotatable bonds is 8. The number of carbonyl (C=O) groups is 1. The number of thiazole rings is 1. The highest BCUT2D eigenvalue weighted by Crippen LogP contribution is 2.37. The Balaban J connectivity index is 2.09. The summed E-state index contributed by atoms with van der Waals surface area (Å²) in [6.07, 6.45) is -8.75. The summed E-state index contributed by atoms with van der Waals surface area (Å²) in [5, 5.41) is 2.59. The largest absolute Gasteiger partial charge is 0.416 e. The van der Waals surface area contributed by atoms with E-state index >= 15 is 0 Å². The Morgan fingerprint density at radius 2 is 1.69 bits per heavy atom. The zero-order valence-corrected chi connectivity index (χ0v) is 15.8. The van der Waals surface area contributed by atoms with Crippen LogP contribution in [0.1, 0.15) is 21.6 Å². The highest BCUT2D eigenvalue weighted by molar-refractivity contribution is 7.15. The minimum absolute atomic E-state index is 0.0748. The molecule has 0 aliphatic heterocycles. The van der Waals surface area contributed by atoms with Crippen molar-refractivity contribution < 1.29 is 40.6 Å². The first-order valence-corrected chi connectivity index (χ1v) is 8.90. The summed E-state index contributed by atoms with van der Waals surface area (Å²) in [5.41, 5.74) is -2.93. The summed E-state index contributed by atoms with van der Waals surface area (Å²) in [7, 11) is 1.47. The lowest BCUT2D eigenvalue weighted by molar-refractivity contribution is -0.143. The van der Waals surface area contributed by atoms with E-state index in [2.05, 4.69) is 10.3 Å². The number of anilines is 1. The smallest absolute Gasteiger partial charge is 0.382 e. The predicted octanol–water partition coefficient (Wildman–Crippen LogP) is 4.37. The number of alkyl halides is 6. The van der Waals surface area contributed by atoms with E-state index in [4.69, 9.17) is 9.47 Å². The van der Waals surface area contributed by atoms with Gasteiger partial charge in [-0.05, 0) is 23.8 Å². The maximum absolute atomic E-state index is 12.9. The zero-order chi connectivity index (χ0) is 21.7. The second-order valence-electron chi connectivity index (χ2n) is 5.82. The standard InChI is InChI=1S/C17H16F6N2O3S/c1-27-2-3-28-9-14(26)25-15-24-8-13(29-15)6-10-4-11(16(18,19)20)7-12(5-10)17(21,22)23/h4-5,7-8H,2-3,6,9H2,1H3,(H,24,25,26). The number of ether oxygens (including phenoxy) is 2. The van der Waals surface area contributed by atoms with Crippen LogP contribution in [0.3, 0.4) is 0 Å². The van der Waals surface area contributed by atoms with Gasteiger partial charge in [-0.1, -0.05) is 0 Å². The van der Waals surface area contributed by atoms with Crippen molar-refractivity contribution in [2.45, 2.75) is 18.8 Å². The summed E-state index contributed by atoms with van der Waals surface area (Å²) in [4.78, 5) is 16.0. The fraction of sp³-hybridized carbons (Fsp3) is 0.412. The van der Waals surface area contributed by atoms with Crippen LogP contribution in [0.4, 0.5) is 31.5 Å². The highest BCUT2D eigenvalue weighted by Gasteiger charge is 2.36. The molecule has 0 spiro atoms. The Bertz CT molecular complexity index is 803. The molecule has 29 heavy (non-hydrogen) atoms. The van der Waals surface area contributed by atoms with Crippen LogP contribution in [0.5, 0.6) is 0 Å². The normalized spacial score (nSPS) is 12.2. The van der Waals surface area contributed by atoms with Crippen LogP contribution < -0.4 is 5.32 Å². The maximum atomic E-state index is 12.9. The number of nitrogens with zero attached hydrogens (tertiary/aromatic N) is 1. The number of nitrogens with one attached hydrogen (secondary N) is 1. The van der Waals surface area contributed by atoms with E-state index in [1.807, 2.05) is 0 Å². The topological polar surface area (TPSA) is 60.5 Å². The molecule has 0 bridgehead atoms. The van der Waals surface area contributed by atoms with Gasteiger partial charge in [0.15, 0.2) is 5.13 Å². The van der Waals surface area contributed by atoms with Crippen molar-refractivity contribution in [1.29, 1.82) is 0 Å². The van der Waals surface area contributed by atoms with E-state index in [1.165, 1.54) is 13.3 Å². The first-order chi connectivity index (χ1) is 13.5. The van der Waals surface area contributed by atoms with Gasteiger partial charge in [0.1, 0.15) is 6.61 Å². The SMILES string of the molecule is COCCOCC(=O)Nc1ncc(Cc2cc(C(F)(F)F)cc(C(F)(F)F)c2)s1. The van der Waals surface area contributed by atoms with E-state index in [0.717, 1.165) is 11.3 Å². The van der Waals surface area contributed by atoms with Crippen molar-refractivity contribution in [1.82, 2.24) is 4.98 Å². The van der Waals surface area contributed by atoms with Gasteiger partial charge in [-0.25, -0.2) is 4.98 Å². The van der Waals surface area contributed by atoms with E-state index in [1.54, 1.807) is 0 Å². The third-order valence-corrected chi connectivity index (χ3v) is 4.40. The fourth-order valence-corrected chi connectivity index (χ4v) is 3.09. The van der Waals surface area contributed by atoms with Gasteiger partial charge in [-0.2, -0.15) is 26.3 Å². The van der Waals surface area contributed by atoms with Crippen LogP contribution >= 0.6 is 11.3 Å². The lowest BCUT2D eigenvalue weighted by Crippen LogP contribution is -2.19. The number of methoxy groups -OCH3 is 1. The quantitative estimate of drug-likeness (QED) is 0.487.